The summed E-state index contributed by atoms with van der Waals surface area (Å²) in [6, 6.07) is 4.11. The molecule has 0 spiro atoms. The number of carbonyl (C=O) groups excluding carboxylic acids is 1. The number of carboxylic acid groups (broad SMARTS) is 1. The summed E-state index contributed by atoms with van der Waals surface area (Å²) in [6.07, 6.45) is 1.59. The average molecular weight is 357 g/mol. The summed E-state index contributed by atoms with van der Waals surface area (Å²) >= 11 is 3.18. The van der Waals surface area contributed by atoms with Gasteiger partial charge in [0.2, 0.25) is 5.91 Å². The van der Waals surface area contributed by atoms with Crippen molar-refractivity contribution >= 4 is 33.5 Å². The SMILES string of the molecule is O=C(Cc1ccc([N+](=O)[O-])cc1Br)NC1(C(=O)O)CCC1. The van der Waals surface area contributed by atoms with Crippen molar-refractivity contribution in [2.75, 3.05) is 0 Å². The summed E-state index contributed by atoms with van der Waals surface area (Å²) in [5.41, 5.74) is -0.658. The molecule has 1 amide bonds. The number of hydrogen-bond acceptors (Lipinski definition) is 4. The lowest BCUT2D eigenvalue weighted by Crippen LogP contribution is -2.59. The predicted octanol–water partition coefficient (Wildman–Crippen LogP) is 2.02. The molecule has 2 N–H and O–H groups in total. The molecule has 8 heteroatoms. The van der Waals surface area contributed by atoms with E-state index < -0.39 is 22.3 Å². The zero-order valence-corrected chi connectivity index (χ0v) is 12.6. The highest BCUT2D eigenvalue weighted by molar-refractivity contribution is 9.10. The molecular weight excluding hydrogens is 344 g/mol. The van der Waals surface area contributed by atoms with Gasteiger partial charge >= 0.3 is 5.97 Å². The maximum atomic E-state index is 12.0. The first-order chi connectivity index (χ1) is 9.84. The molecule has 0 aromatic heterocycles. The summed E-state index contributed by atoms with van der Waals surface area (Å²) in [4.78, 5) is 33.3. The van der Waals surface area contributed by atoms with Crippen molar-refractivity contribution in [3.63, 3.8) is 0 Å². The van der Waals surface area contributed by atoms with Gasteiger partial charge in [0, 0.05) is 16.6 Å². The number of non-ortho nitro benzene ring substituents is 1. The van der Waals surface area contributed by atoms with Crippen molar-refractivity contribution in [1.29, 1.82) is 0 Å². The normalized spacial score (nSPS) is 15.9. The summed E-state index contributed by atoms with van der Waals surface area (Å²) in [5.74, 6) is -1.43. The number of halogens is 1. The monoisotopic (exact) mass is 356 g/mol. The molecular formula is C13H13BrN2O5. The Morgan fingerprint density at radius 1 is 1.43 bits per heavy atom. The quantitative estimate of drug-likeness (QED) is 0.619. The molecule has 0 atom stereocenters. The van der Waals surface area contributed by atoms with E-state index in [0.717, 1.165) is 6.42 Å². The van der Waals surface area contributed by atoms with Crippen molar-refractivity contribution in [3.05, 3.63) is 38.3 Å². The Kier molecular flexibility index (Phi) is 4.26. The molecule has 1 saturated carbocycles. The summed E-state index contributed by atoms with van der Waals surface area (Å²) in [7, 11) is 0. The largest absolute Gasteiger partial charge is 0.480 e. The lowest BCUT2D eigenvalue weighted by atomic mass is 9.76. The van der Waals surface area contributed by atoms with Gasteiger partial charge in [0.25, 0.3) is 5.69 Å². The molecule has 1 aliphatic rings. The minimum absolute atomic E-state index is 0.0341. The third-order valence-corrected chi connectivity index (χ3v) is 4.33. The third kappa shape index (κ3) is 3.21. The van der Waals surface area contributed by atoms with E-state index in [1.54, 1.807) is 0 Å². The molecule has 1 aliphatic carbocycles. The van der Waals surface area contributed by atoms with Gasteiger partial charge in [-0.1, -0.05) is 22.0 Å². The Labute approximate surface area is 128 Å². The second kappa shape index (κ2) is 5.80. The lowest BCUT2D eigenvalue weighted by Gasteiger charge is -2.38. The van der Waals surface area contributed by atoms with E-state index in [4.69, 9.17) is 5.11 Å². The molecule has 0 heterocycles. The highest BCUT2D eigenvalue weighted by Gasteiger charge is 2.45. The van der Waals surface area contributed by atoms with E-state index in [-0.39, 0.29) is 12.1 Å². The van der Waals surface area contributed by atoms with Gasteiger partial charge in [0.1, 0.15) is 5.54 Å². The zero-order valence-electron chi connectivity index (χ0n) is 11.0. The highest BCUT2D eigenvalue weighted by atomic mass is 79.9. The van der Waals surface area contributed by atoms with E-state index in [1.165, 1.54) is 18.2 Å². The standard InChI is InChI=1S/C13H13BrN2O5/c14-10-7-9(16(20)21)3-2-8(10)6-11(17)15-13(12(18)19)4-1-5-13/h2-3,7H,1,4-6H2,(H,15,17)(H,18,19). The van der Waals surface area contributed by atoms with Gasteiger partial charge in [-0.05, 0) is 24.8 Å². The Morgan fingerprint density at radius 2 is 2.10 bits per heavy atom. The average Bonchev–Trinajstić information content (AvgIpc) is 2.35. The number of nitro groups is 1. The fourth-order valence-corrected chi connectivity index (χ4v) is 2.71. The first-order valence-electron chi connectivity index (χ1n) is 6.31. The van der Waals surface area contributed by atoms with Gasteiger partial charge in [-0.3, -0.25) is 14.9 Å². The number of carbonyl (C=O) groups is 2. The zero-order chi connectivity index (χ0) is 15.6. The molecule has 7 nitrogen and oxygen atoms in total. The van der Waals surface area contributed by atoms with Crippen LogP contribution in [0, 0.1) is 10.1 Å². The van der Waals surface area contributed by atoms with Crippen LogP contribution in [0.4, 0.5) is 5.69 Å². The van der Waals surface area contributed by atoms with Gasteiger partial charge in [0.05, 0.1) is 11.3 Å². The van der Waals surface area contributed by atoms with E-state index >= 15 is 0 Å². The molecule has 0 unspecified atom stereocenters. The number of carboxylic acids is 1. The highest BCUT2D eigenvalue weighted by Crippen LogP contribution is 2.32. The van der Waals surface area contributed by atoms with Crippen molar-refractivity contribution < 1.29 is 19.6 Å². The van der Waals surface area contributed by atoms with Gasteiger partial charge < -0.3 is 10.4 Å². The summed E-state index contributed by atoms with van der Waals surface area (Å²) in [5, 5.41) is 22.3. The fourth-order valence-electron chi connectivity index (χ4n) is 2.20. The number of amides is 1. The third-order valence-electron chi connectivity index (χ3n) is 3.59. The molecule has 0 aliphatic heterocycles. The van der Waals surface area contributed by atoms with E-state index in [9.17, 15) is 19.7 Å². The van der Waals surface area contributed by atoms with Gasteiger partial charge in [-0.15, -0.1) is 0 Å². The molecule has 0 bridgehead atoms. The van der Waals surface area contributed by atoms with Crippen LogP contribution in [0.5, 0.6) is 0 Å². The van der Waals surface area contributed by atoms with Crippen LogP contribution in [-0.2, 0) is 16.0 Å². The topological polar surface area (TPSA) is 110 Å². The van der Waals surface area contributed by atoms with Crippen LogP contribution in [0.15, 0.2) is 22.7 Å². The van der Waals surface area contributed by atoms with Crippen molar-refractivity contribution in [2.24, 2.45) is 0 Å². The summed E-state index contributed by atoms with van der Waals surface area (Å²) in [6.45, 7) is 0. The molecule has 0 saturated heterocycles. The van der Waals surface area contributed by atoms with E-state index in [0.29, 0.717) is 22.9 Å². The number of hydrogen-bond donors (Lipinski definition) is 2. The number of nitrogens with zero attached hydrogens (tertiary/aromatic N) is 1. The number of rotatable bonds is 5. The van der Waals surface area contributed by atoms with E-state index in [1.807, 2.05) is 0 Å². The molecule has 1 aromatic rings. The van der Waals surface area contributed by atoms with Crippen molar-refractivity contribution in [3.8, 4) is 0 Å². The molecule has 0 radical (unpaired) electrons. The Bertz CT molecular complexity index is 613. The molecule has 1 aromatic carbocycles. The minimum atomic E-state index is -1.15. The van der Waals surface area contributed by atoms with Gasteiger partial charge in [0.15, 0.2) is 0 Å². The van der Waals surface area contributed by atoms with Crippen LogP contribution in [0.1, 0.15) is 24.8 Å². The molecule has 1 fully saturated rings. The van der Waals surface area contributed by atoms with E-state index in [2.05, 4.69) is 21.2 Å². The first-order valence-corrected chi connectivity index (χ1v) is 7.10. The van der Waals surface area contributed by atoms with Crippen molar-refractivity contribution in [2.45, 2.75) is 31.2 Å². The van der Waals surface area contributed by atoms with Crippen LogP contribution in [0.3, 0.4) is 0 Å². The van der Waals surface area contributed by atoms with Crippen LogP contribution >= 0.6 is 15.9 Å². The fraction of sp³-hybridized carbons (Fsp3) is 0.385. The first kappa shape index (κ1) is 15.4. The molecule has 21 heavy (non-hydrogen) atoms. The Hall–Kier alpha value is -1.96. The second-order valence-electron chi connectivity index (χ2n) is 5.00. The van der Waals surface area contributed by atoms with Crippen LogP contribution in [-0.4, -0.2) is 27.4 Å². The van der Waals surface area contributed by atoms with Gasteiger partial charge in [-0.2, -0.15) is 0 Å². The maximum absolute atomic E-state index is 12.0. The Balaban J connectivity index is 2.06. The number of aliphatic carboxylic acids is 1. The smallest absolute Gasteiger partial charge is 0.329 e. The van der Waals surface area contributed by atoms with Crippen molar-refractivity contribution in [1.82, 2.24) is 5.32 Å². The minimum Gasteiger partial charge on any atom is -0.480 e. The predicted molar refractivity (Wildman–Crippen MR) is 76.9 cm³/mol. The number of benzene rings is 1. The van der Waals surface area contributed by atoms with Crippen LogP contribution in [0.2, 0.25) is 0 Å². The van der Waals surface area contributed by atoms with Gasteiger partial charge in [-0.25, -0.2) is 4.79 Å². The molecule has 112 valence electrons. The lowest BCUT2D eigenvalue weighted by molar-refractivity contribution is -0.384. The second-order valence-corrected chi connectivity index (χ2v) is 5.85. The number of nitro benzene ring substituents is 1. The van der Waals surface area contributed by atoms with Crippen LogP contribution in [0.25, 0.3) is 0 Å². The number of nitrogens with one attached hydrogen (secondary N) is 1. The summed E-state index contributed by atoms with van der Waals surface area (Å²) < 4.78 is 0.449. The maximum Gasteiger partial charge on any atom is 0.329 e. The Morgan fingerprint density at radius 3 is 2.52 bits per heavy atom. The molecule has 2 rings (SSSR count). The van der Waals surface area contributed by atoms with Crippen LogP contribution < -0.4 is 5.32 Å².